The number of pyridine rings is 1. The zero-order valence-electron chi connectivity index (χ0n) is 14.2. The Morgan fingerprint density at radius 3 is 2.81 bits per heavy atom. The molecule has 1 atom stereocenters. The van der Waals surface area contributed by atoms with Crippen LogP contribution in [0.15, 0.2) is 36.8 Å². The molecule has 0 aliphatic carbocycles. The van der Waals surface area contributed by atoms with E-state index in [1.54, 1.807) is 12.3 Å². The number of halogens is 3. The molecule has 4 rings (SSSR count). The first-order chi connectivity index (χ1) is 13.0. The van der Waals surface area contributed by atoms with E-state index in [2.05, 4.69) is 21.0 Å². The summed E-state index contributed by atoms with van der Waals surface area (Å²) in [6, 6.07) is 6.35. The van der Waals surface area contributed by atoms with Crippen LogP contribution in [0.25, 0.3) is 17.2 Å². The summed E-state index contributed by atoms with van der Waals surface area (Å²) in [6.45, 7) is 1.36. The molecule has 138 valence electrons. The summed E-state index contributed by atoms with van der Waals surface area (Å²) >= 11 is 0. The van der Waals surface area contributed by atoms with Crippen molar-refractivity contribution in [2.24, 2.45) is 5.92 Å². The third-order valence-corrected chi connectivity index (χ3v) is 4.63. The predicted octanol–water partition coefficient (Wildman–Crippen LogP) is 3.55. The smallest absolute Gasteiger partial charge is 0.355 e. The Balaban J connectivity index is 1.73. The number of rotatable bonds is 2. The summed E-state index contributed by atoms with van der Waals surface area (Å²) in [5, 5.41) is 9.16. The summed E-state index contributed by atoms with van der Waals surface area (Å²) in [5.41, 5.74) is -0.000361. The van der Waals surface area contributed by atoms with Crippen molar-refractivity contribution in [2.75, 3.05) is 18.0 Å². The molecule has 4 heterocycles. The molecule has 3 aromatic heterocycles. The summed E-state index contributed by atoms with van der Waals surface area (Å²) < 4.78 is 40.4. The summed E-state index contributed by atoms with van der Waals surface area (Å²) in [6.07, 6.45) is 1.34. The minimum Gasteiger partial charge on any atom is -0.355 e. The van der Waals surface area contributed by atoms with Crippen molar-refractivity contribution in [3.05, 3.63) is 42.4 Å². The maximum absolute atomic E-state index is 13.0. The van der Waals surface area contributed by atoms with Crippen molar-refractivity contribution in [3.63, 3.8) is 0 Å². The van der Waals surface area contributed by atoms with Gasteiger partial charge in [0.15, 0.2) is 5.82 Å². The molecule has 3 aromatic rings. The molecule has 0 spiro atoms. The number of nitriles is 1. The number of piperidine rings is 1. The van der Waals surface area contributed by atoms with Crippen LogP contribution >= 0.6 is 0 Å². The number of hydrogen-bond acceptors (Lipinski definition) is 5. The van der Waals surface area contributed by atoms with E-state index in [-0.39, 0.29) is 5.92 Å². The molecular formula is C18H15F3N6. The van der Waals surface area contributed by atoms with Crippen molar-refractivity contribution in [2.45, 2.75) is 19.0 Å². The number of fused-ring (bicyclic) bond motifs is 1. The Labute approximate surface area is 152 Å². The fraction of sp³-hybridized carbons (Fsp3) is 0.333. The average molecular weight is 372 g/mol. The molecule has 1 aliphatic rings. The topological polar surface area (TPSA) is 70.1 Å². The summed E-state index contributed by atoms with van der Waals surface area (Å²) in [5.74, 6) is 0.891. The third-order valence-electron chi connectivity index (χ3n) is 4.63. The summed E-state index contributed by atoms with van der Waals surface area (Å²) in [4.78, 5) is 14.9. The quantitative estimate of drug-likeness (QED) is 0.688. The molecule has 6 nitrogen and oxygen atoms in total. The maximum Gasteiger partial charge on any atom is 0.417 e. The van der Waals surface area contributed by atoms with E-state index in [4.69, 9.17) is 5.26 Å². The van der Waals surface area contributed by atoms with Crippen molar-refractivity contribution >= 4 is 11.5 Å². The van der Waals surface area contributed by atoms with Gasteiger partial charge in [0.1, 0.15) is 17.2 Å². The fourth-order valence-electron chi connectivity index (χ4n) is 3.25. The van der Waals surface area contributed by atoms with Crippen LogP contribution in [0.2, 0.25) is 0 Å². The lowest BCUT2D eigenvalue weighted by atomic mass is 10.00. The van der Waals surface area contributed by atoms with Gasteiger partial charge in [0, 0.05) is 25.5 Å². The number of anilines is 1. The van der Waals surface area contributed by atoms with Crippen LogP contribution < -0.4 is 4.90 Å². The van der Waals surface area contributed by atoms with Gasteiger partial charge in [0.05, 0.1) is 23.7 Å². The van der Waals surface area contributed by atoms with Crippen molar-refractivity contribution < 1.29 is 13.2 Å². The second-order valence-electron chi connectivity index (χ2n) is 6.44. The van der Waals surface area contributed by atoms with Crippen LogP contribution in [0, 0.1) is 17.2 Å². The number of imidazole rings is 1. The molecule has 1 fully saturated rings. The fourth-order valence-corrected chi connectivity index (χ4v) is 3.25. The van der Waals surface area contributed by atoms with Crippen LogP contribution in [0.1, 0.15) is 18.4 Å². The Kier molecular flexibility index (Phi) is 4.18. The van der Waals surface area contributed by atoms with Gasteiger partial charge in [-0.3, -0.25) is 4.40 Å². The van der Waals surface area contributed by atoms with Crippen molar-refractivity contribution in [3.8, 4) is 17.6 Å². The van der Waals surface area contributed by atoms with Crippen LogP contribution in [-0.4, -0.2) is 32.4 Å². The molecule has 0 amide bonds. The SMILES string of the molecule is N#C[C@H]1CCCN(c2ccnc(-c3cnc4ccc(C(F)(F)F)cn34)n2)C1. The zero-order chi connectivity index (χ0) is 19.0. The first-order valence-electron chi connectivity index (χ1n) is 8.48. The number of hydrogen-bond donors (Lipinski definition) is 0. The molecule has 0 N–H and O–H groups in total. The Morgan fingerprint density at radius 2 is 2.04 bits per heavy atom. The van der Waals surface area contributed by atoms with E-state index in [1.807, 2.05) is 4.90 Å². The van der Waals surface area contributed by atoms with Gasteiger partial charge in [0.25, 0.3) is 0 Å². The highest BCUT2D eigenvalue weighted by Crippen LogP contribution is 2.30. The molecule has 27 heavy (non-hydrogen) atoms. The molecule has 0 unspecified atom stereocenters. The van der Waals surface area contributed by atoms with Crippen LogP contribution in [0.3, 0.4) is 0 Å². The van der Waals surface area contributed by atoms with Gasteiger partial charge >= 0.3 is 6.18 Å². The van der Waals surface area contributed by atoms with Gasteiger partial charge in [-0.05, 0) is 31.0 Å². The number of nitrogens with zero attached hydrogens (tertiary/aromatic N) is 6. The molecule has 1 saturated heterocycles. The molecule has 0 saturated carbocycles. The molecule has 9 heteroatoms. The lowest BCUT2D eigenvalue weighted by Gasteiger charge is -2.30. The standard InChI is InChI=1S/C18H15F3N6/c19-18(20,21)13-3-4-15-24-9-14(27(15)11-13)17-23-6-5-16(25-17)26-7-1-2-12(8-22)10-26/h3-6,9,11-12H,1-2,7,10H2/t12-/m1/s1. The highest BCUT2D eigenvalue weighted by Gasteiger charge is 2.31. The number of alkyl halides is 3. The molecule has 0 radical (unpaired) electrons. The van der Waals surface area contributed by atoms with E-state index < -0.39 is 11.7 Å². The minimum atomic E-state index is -4.45. The normalized spacial score (nSPS) is 17.9. The minimum absolute atomic E-state index is 0.0534. The first kappa shape index (κ1) is 17.3. The second-order valence-corrected chi connectivity index (χ2v) is 6.44. The molecule has 0 bridgehead atoms. The molecule has 0 aromatic carbocycles. The van der Waals surface area contributed by atoms with E-state index in [0.717, 1.165) is 31.6 Å². The Morgan fingerprint density at radius 1 is 1.19 bits per heavy atom. The monoisotopic (exact) mass is 372 g/mol. The summed E-state index contributed by atoms with van der Waals surface area (Å²) in [7, 11) is 0. The van der Waals surface area contributed by atoms with Gasteiger partial charge < -0.3 is 4.90 Å². The highest BCUT2D eigenvalue weighted by molar-refractivity contribution is 5.59. The van der Waals surface area contributed by atoms with E-state index >= 15 is 0 Å². The van der Waals surface area contributed by atoms with Gasteiger partial charge in [-0.1, -0.05) is 0 Å². The van der Waals surface area contributed by atoms with Gasteiger partial charge in [-0.2, -0.15) is 18.4 Å². The Hall–Kier alpha value is -3.15. The Bertz CT molecular complexity index is 1020. The van der Waals surface area contributed by atoms with Crippen LogP contribution in [0.5, 0.6) is 0 Å². The van der Waals surface area contributed by atoms with Crippen molar-refractivity contribution in [1.82, 2.24) is 19.4 Å². The van der Waals surface area contributed by atoms with Gasteiger partial charge in [-0.15, -0.1) is 0 Å². The number of aromatic nitrogens is 4. The second kappa shape index (κ2) is 6.54. The van der Waals surface area contributed by atoms with E-state index in [0.29, 0.717) is 29.5 Å². The van der Waals surface area contributed by atoms with E-state index in [1.165, 1.54) is 16.7 Å². The zero-order valence-corrected chi connectivity index (χ0v) is 14.2. The van der Waals surface area contributed by atoms with Crippen molar-refractivity contribution in [1.29, 1.82) is 5.26 Å². The third kappa shape index (κ3) is 3.30. The molecule has 1 aliphatic heterocycles. The first-order valence-corrected chi connectivity index (χ1v) is 8.48. The predicted molar refractivity (Wildman–Crippen MR) is 91.8 cm³/mol. The maximum atomic E-state index is 13.0. The van der Waals surface area contributed by atoms with Gasteiger partial charge in [0.2, 0.25) is 0 Å². The van der Waals surface area contributed by atoms with E-state index in [9.17, 15) is 13.2 Å². The lowest BCUT2D eigenvalue weighted by molar-refractivity contribution is -0.137. The van der Waals surface area contributed by atoms with Crippen LogP contribution in [0.4, 0.5) is 19.0 Å². The lowest BCUT2D eigenvalue weighted by Crippen LogP contribution is -2.35. The van der Waals surface area contributed by atoms with Gasteiger partial charge in [-0.25, -0.2) is 15.0 Å². The average Bonchev–Trinajstić information content (AvgIpc) is 3.11. The molecular weight excluding hydrogens is 357 g/mol. The highest BCUT2D eigenvalue weighted by atomic mass is 19.4. The van der Waals surface area contributed by atoms with Crippen LogP contribution in [-0.2, 0) is 6.18 Å². The largest absolute Gasteiger partial charge is 0.417 e.